The summed E-state index contributed by atoms with van der Waals surface area (Å²) in [5.41, 5.74) is 3.81. The zero-order valence-corrected chi connectivity index (χ0v) is 17.7. The van der Waals surface area contributed by atoms with Crippen LogP contribution in [0.5, 0.6) is 0 Å². The van der Waals surface area contributed by atoms with Gasteiger partial charge in [-0.2, -0.15) is 0 Å². The average molecular weight is 380 g/mol. The van der Waals surface area contributed by atoms with Gasteiger partial charge < -0.3 is 9.47 Å². The first-order valence-corrected chi connectivity index (χ1v) is 9.24. The summed E-state index contributed by atoms with van der Waals surface area (Å²) in [5.74, 6) is -0.756. The van der Waals surface area contributed by atoms with Gasteiger partial charge in [-0.05, 0) is 58.2 Å². The van der Waals surface area contributed by atoms with Crippen molar-refractivity contribution in [2.75, 3.05) is 7.11 Å². The maximum Gasteiger partial charge on any atom is 0.342 e. The molecule has 0 aliphatic heterocycles. The molecule has 0 fully saturated rings. The van der Waals surface area contributed by atoms with Crippen molar-refractivity contribution >= 4 is 23.3 Å². The molecule has 0 radical (unpaired) electrons. The van der Waals surface area contributed by atoms with E-state index in [1.807, 2.05) is 63.2 Å². The van der Waals surface area contributed by atoms with E-state index < -0.39 is 17.4 Å². The molecule has 0 heterocycles. The van der Waals surface area contributed by atoms with Crippen LogP contribution in [0.4, 0.5) is 0 Å². The second-order valence-electron chi connectivity index (χ2n) is 7.97. The quantitative estimate of drug-likeness (QED) is 0.315. The molecule has 0 aromatic heterocycles. The van der Waals surface area contributed by atoms with Gasteiger partial charge in [0.2, 0.25) is 0 Å². The molecular weight excluding hydrogens is 352 g/mol. The Kier molecular flexibility index (Phi) is 6.45. The first-order chi connectivity index (χ1) is 13.1. The molecule has 0 unspecified atom stereocenters. The largest absolute Gasteiger partial charge is 0.465 e. The zero-order valence-electron chi connectivity index (χ0n) is 17.7. The summed E-state index contributed by atoms with van der Waals surface area (Å²) < 4.78 is 10.9. The summed E-state index contributed by atoms with van der Waals surface area (Å²) in [6.07, 6.45) is 0. The fraction of sp³-hybridized carbons (Fsp3) is 0.333. The molecule has 0 atom stereocenters. The predicted molar refractivity (Wildman–Crippen MR) is 111 cm³/mol. The summed E-state index contributed by atoms with van der Waals surface area (Å²) >= 11 is 0. The minimum atomic E-state index is -0.724. The number of methoxy groups -OCH3 is 1. The Hall–Kier alpha value is -2.88. The number of hydrogen-bond acceptors (Lipinski definition) is 4. The molecule has 4 nitrogen and oxygen atoms in total. The van der Waals surface area contributed by atoms with Crippen LogP contribution in [0.2, 0.25) is 0 Å². The van der Waals surface area contributed by atoms with Crippen LogP contribution in [0.1, 0.15) is 48.6 Å². The highest BCUT2D eigenvalue weighted by Crippen LogP contribution is 2.34. The number of aryl methyl sites for hydroxylation is 3. The number of carbonyl (C=O) groups is 2. The molecular formula is C24H28O4. The third-order valence-electron chi connectivity index (χ3n) is 4.39. The molecule has 2 aromatic carbocycles. The maximum atomic E-state index is 12.9. The lowest BCUT2D eigenvalue weighted by Gasteiger charge is -2.22. The fourth-order valence-corrected chi connectivity index (χ4v) is 3.07. The van der Waals surface area contributed by atoms with Crippen molar-refractivity contribution in [2.45, 2.75) is 41.5 Å². The van der Waals surface area contributed by atoms with Gasteiger partial charge in [-0.15, -0.1) is 0 Å². The fourth-order valence-electron chi connectivity index (χ4n) is 3.07. The average Bonchev–Trinajstić information content (AvgIpc) is 2.62. The van der Waals surface area contributed by atoms with Gasteiger partial charge in [-0.3, -0.25) is 4.79 Å². The Morgan fingerprint density at radius 1 is 0.893 bits per heavy atom. The molecule has 28 heavy (non-hydrogen) atoms. The molecule has 2 rings (SSSR count). The molecule has 0 bridgehead atoms. The van der Waals surface area contributed by atoms with E-state index in [9.17, 15) is 9.59 Å². The van der Waals surface area contributed by atoms with E-state index in [0.717, 1.165) is 22.3 Å². The van der Waals surface area contributed by atoms with Gasteiger partial charge in [0.1, 0.15) is 5.57 Å². The van der Waals surface area contributed by atoms with E-state index in [4.69, 9.17) is 9.47 Å². The summed E-state index contributed by atoms with van der Waals surface area (Å²) in [7, 11) is 1.33. The van der Waals surface area contributed by atoms with Gasteiger partial charge in [0.25, 0.3) is 0 Å². The third kappa shape index (κ3) is 4.69. The lowest BCUT2D eigenvalue weighted by molar-refractivity contribution is -0.145. The molecule has 0 aliphatic carbocycles. The minimum Gasteiger partial charge on any atom is -0.465 e. The lowest BCUT2D eigenvalue weighted by Crippen LogP contribution is -2.23. The van der Waals surface area contributed by atoms with Crippen molar-refractivity contribution in [1.29, 1.82) is 0 Å². The van der Waals surface area contributed by atoms with E-state index in [1.54, 1.807) is 20.8 Å². The van der Waals surface area contributed by atoms with Gasteiger partial charge in [-0.1, -0.05) is 48.0 Å². The molecule has 2 aromatic rings. The molecule has 4 heteroatoms. The number of hydrogen-bond donors (Lipinski definition) is 0. The van der Waals surface area contributed by atoms with Crippen LogP contribution in [-0.4, -0.2) is 19.0 Å². The lowest BCUT2D eigenvalue weighted by atomic mass is 9.91. The minimum absolute atomic E-state index is 0.211. The van der Waals surface area contributed by atoms with Crippen LogP contribution in [-0.2, 0) is 19.1 Å². The van der Waals surface area contributed by atoms with Crippen molar-refractivity contribution in [3.63, 3.8) is 0 Å². The summed E-state index contributed by atoms with van der Waals surface area (Å²) in [4.78, 5) is 25.6. The standard InChI is InChI=1S/C24H28O4/c1-15-13-16(2)19(17(3)14-15)20(22(25)27-7)21(18-11-9-8-10-12-18)28-23(26)24(4,5)6/h8-14H,1-7H3/b21-20-. The van der Waals surface area contributed by atoms with Crippen LogP contribution >= 0.6 is 0 Å². The molecule has 0 spiro atoms. The Morgan fingerprint density at radius 3 is 1.89 bits per heavy atom. The second kappa shape index (κ2) is 8.42. The van der Waals surface area contributed by atoms with Gasteiger partial charge in [0.15, 0.2) is 5.76 Å². The Bertz CT molecular complexity index is 892. The maximum absolute atomic E-state index is 12.9. The third-order valence-corrected chi connectivity index (χ3v) is 4.39. The van der Waals surface area contributed by atoms with Crippen LogP contribution in [0, 0.1) is 26.2 Å². The van der Waals surface area contributed by atoms with Crippen LogP contribution in [0.15, 0.2) is 42.5 Å². The zero-order chi connectivity index (χ0) is 21.1. The monoisotopic (exact) mass is 380 g/mol. The Balaban J connectivity index is 2.87. The van der Waals surface area contributed by atoms with E-state index in [1.165, 1.54) is 7.11 Å². The topological polar surface area (TPSA) is 52.6 Å². The molecule has 0 aliphatic rings. The number of ether oxygens (including phenoxy) is 2. The van der Waals surface area contributed by atoms with E-state index >= 15 is 0 Å². The van der Waals surface area contributed by atoms with Gasteiger partial charge in [-0.25, -0.2) is 4.79 Å². The normalized spacial score (nSPS) is 12.2. The summed E-state index contributed by atoms with van der Waals surface area (Å²) in [6.45, 7) is 11.2. The SMILES string of the molecule is COC(=O)/C(=C(\OC(=O)C(C)(C)C)c1ccccc1)c1c(C)cc(C)cc1C. The number of rotatable bonds is 4. The van der Waals surface area contributed by atoms with Crippen LogP contribution < -0.4 is 0 Å². The van der Waals surface area contributed by atoms with Crippen molar-refractivity contribution in [2.24, 2.45) is 5.41 Å². The van der Waals surface area contributed by atoms with Crippen molar-refractivity contribution < 1.29 is 19.1 Å². The molecule has 0 N–H and O–H groups in total. The van der Waals surface area contributed by atoms with Crippen LogP contribution in [0.25, 0.3) is 11.3 Å². The van der Waals surface area contributed by atoms with Gasteiger partial charge in [0.05, 0.1) is 12.5 Å². The number of carbonyl (C=O) groups excluding carboxylic acids is 2. The van der Waals surface area contributed by atoms with Gasteiger partial charge in [0, 0.05) is 5.56 Å². The van der Waals surface area contributed by atoms with E-state index in [2.05, 4.69) is 0 Å². The predicted octanol–water partition coefficient (Wildman–Crippen LogP) is 5.24. The van der Waals surface area contributed by atoms with Crippen LogP contribution in [0.3, 0.4) is 0 Å². The highest BCUT2D eigenvalue weighted by molar-refractivity contribution is 6.25. The molecule has 148 valence electrons. The molecule has 0 saturated heterocycles. The summed E-state index contributed by atoms with van der Waals surface area (Å²) in [5, 5.41) is 0. The highest BCUT2D eigenvalue weighted by atomic mass is 16.5. The smallest absolute Gasteiger partial charge is 0.342 e. The van der Waals surface area contributed by atoms with Crippen molar-refractivity contribution in [3.05, 3.63) is 70.3 Å². The van der Waals surface area contributed by atoms with E-state index in [-0.39, 0.29) is 11.3 Å². The Labute approximate surface area is 167 Å². The van der Waals surface area contributed by atoms with E-state index in [0.29, 0.717) is 5.56 Å². The highest BCUT2D eigenvalue weighted by Gasteiger charge is 2.30. The first kappa shape index (κ1) is 21.4. The number of esters is 2. The molecule has 0 amide bonds. The summed E-state index contributed by atoms with van der Waals surface area (Å²) in [6, 6.07) is 13.2. The number of benzene rings is 2. The Morgan fingerprint density at radius 2 is 1.43 bits per heavy atom. The van der Waals surface area contributed by atoms with Crippen molar-refractivity contribution in [1.82, 2.24) is 0 Å². The van der Waals surface area contributed by atoms with Gasteiger partial charge >= 0.3 is 11.9 Å². The molecule has 0 saturated carbocycles. The first-order valence-electron chi connectivity index (χ1n) is 9.24. The van der Waals surface area contributed by atoms with Crippen molar-refractivity contribution in [3.8, 4) is 0 Å². The second-order valence-corrected chi connectivity index (χ2v) is 7.97.